The first kappa shape index (κ1) is 19.7. The molecule has 0 aromatic rings. The number of guanidine groups is 1. The zero-order valence-corrected chi connectivity index (χ0v) is 15.2. The van der Waals surface area contributed by atoms with Crippen molar-refractivity contribution in [1.29, 1.82) is 0 Å². The standard InChI is InChI=1S/C17H34N4O2/c1-5-16(22)21-10-7-15(13-21)20-17(18-6-2)19-9-12-23-11-8-14(3)4/h14-15H,5-13H2,1-4H3,(H2,18,19,20). The summed E-state index contributed by atoms with van der Waals surface area (Å²) in [5.41, 5.74) is 0. The van der Waals surface area contributed by atoms with Crippen molar-refractivity contribution in [3.8, 4) is 0 Å². The normalized spacial score (nSPS) is 18.6. The van der Waals surface area contributed by atoms with Crippen molar-refractivity contribution in [3.63, 3.8) is 0 Å². The second kappa shape index (κ2) is 11.3. The van der Waals surface area contributed by atoms with Crippen LogP contribution in [-0.4, -0.2) is 62.2 Å². The highest BCUT2D eigenvalue weighted by molar-refractivity contribution is 5.80. The van der Waals surface area contributed by atoms with Crippen LogP contribution in [0.25, 0.3) is 0 Å². The fraction of sp³-hybridized carbons (Fsp3) is 0.882. The fourth-order valence-electron chi connectivity index (χ4n) is 2.48. The number of amides is 1. The molecule has 1 saturated heterocycles. The SMILES string of the molecule is CCNC(=NCCOCCC(C)C)NC1CCN(C(=O)CC)C1. The van der Waals surface area contributed by atoms with E-state index in [9.17, 15) is 4.79 Å². The Hall–Kier alpha value is -1.30. The largest absolute Gasteiger partial charge is 0.380 e. The molecule has 1 atom stereocenters. The van der Waals surface area contributed by atoms with Gasteiger partial charge in [0, 0.05) is 38.7 Å². The highest BCUT2D eigenvalue weighted by atomic mass is 16.5. The van der Waals surface area contributed by atoms with Crippen LogP contribution in [0.4, 0.5) is 0 Å². The molecule has 1 heterocycles. The van der Waals surface area contributed by atoms with Crippen LogP contribution in [0.1, 0.15) is 47.0 Å². The van der Waals surface area contributed by atoms with Gasteiger partial charge in [-0.3, -0.25) is 9.79 Å². The van der Waals surface area contributed by atoms with Gasteiger partial charge in [0.1, 0.15) is 0 Å². The third-order valence-corrected chi connectivity index (χ3v) is 3.87. The molecular formula is C17H34N4O2. The van der Waals surface area contributed by atoms with Crippen LogP contribution in [0.15, 0.2) is 4.99 Å². The van der Waals surface area contributed by atoms with Crippen LogP contribution < -0.4 is 10.6 Å². The first-order chi connectivity index (χ1) is 11.1. The number of nitrogens with zero attached hydrogens (tertiary/aromatic N) is 2. The molecule has 1 unspecified atom stereocenters. The second-order valence-corrected chi connectivity index (χ2v) is 6.38. The monoisotopic (exact) mass is 326 g/mol. The summed E-state index contributed by atoms with van der Waals surface area (Å²) in [7, 11) is 0. The topological polar surface area (TPSA) is 66.0 Å². The Morgan fingerprint density at radius 2 is 2.13 bits per heavy atom. The summed E-state index contributed by atoms with van der Waals surface area (Å²) in [4.78, 5) is 18.2. The van der Waals surface area contributed by atoms with E-state index in [2.05, 4.69) is 36.4 Å². The summed E-state index contributed by atoms with van der Waals surface area (Å²) in [6.45, 7) is 12.9. The summed E-state index contributed by atoms with van der Waals surface area (Å²) in [6.07, 6.45) is 2.64. The van der Waals surface area contributed by atoms with Gasteiger partial charge in [0.25, 0.3) is 0 Å². The zero-order chi connectivity index (χ0) is 17.1. The number of hydrogen-bond donors (Lipinski definition) is 2. The number of rotatable bonds is 9. The molecule has 1 amide bonds. The molecule has 23 heavy (non-hydrogen) atoms. The van der Waals surface area contributed by atoms with Gasteiger partial charge in [-0.05, 0) is 25.7 Å². The van der Waals surface area contributed by atoms with E-state index in [0.29, 0.717) is 25.5 Å². The lowest BCUT2D eigenvalue weighted by molar-refractivity contribution is -0.129. The van der Waals surface area contributed by atoms with Gasteiger partial charge in [-0.2, -0.15) is 0 Å². The molecule has 0 aromatic heterocycles. The van der Waals surface area contributed by atoms with E-state index in [1.807, 2.05) is 11.8 Å². The third kappa shape index (κ3) is 8.21. The average molecular weight is 326 g/mol. The Balaban J connectivity index is 2.31. The molecule has 0 spiro atoms. The summed E-state index contributed by atoms with van der Waals surface area (Å²) < 4.78 is 5.59. The van der Waals surface area contributed by atoms with Crippen molar-refractivity contribution in [2.24, 2.45) is 10.9 Å². The van der Waals surface area contributed by atoms with Crippen molar-refractivity contribution < 1.29 is 9.53 Å². The van der Waals surface area contributed by atoms with E-state index in [0.717, 1.165) is 45.0 Å². The lowest BCUT2D eigenvalue weighted by Gasteiger charge is -2.18. The van der Waals surface area contributed by atoms with Crippen molar-refractivity contribution in [2.45, 2.75) is 53.0 Å². The lowest BCUT2D eigenvalue weighted by atomic mass is 10.1. The quantitative estimate of drug-likeness (QED) is 0.384. The van der Waals surface area contributed by atoms with E-state index in [1.165, 1.54) is 0 Å². The van der Waals surface area contributed by atoms with Gasteiger partial charge in [-0.25, -0.2) is 0 Å². The van der Waals surface area contributed by atoms with Crippen molar-refractivity contribution >= 4 is 11.9 Å². The van der Waals surface area contributed by atoms with E-state index in [1.54, 1.807) is 0 Å². The van der Waals surface area contributed by atoms with Crippen LogP contribution in [0.2, 0.25) is 0 Å². The lowest BCUT2D eigenvalue weighted by Crippen LogP contribution is -2.45. The fourth-order valence-corrected chi connectivity index (χ4v) is 2.48. The van der Waals surface area contributed by atoms with Crippen LogP contribution in [0.3, 0.4) is 0 Å². The van der Waals surface area contributed by atoms with Crippen molar-refractivity contribution in [1.82, 2.24) is 15.5 Å². The smallest absolute Gasteiger partial charge is 0.222 e. The van der Waals surface area contributed by atoms with E-state index >= 15 is 0 Å². The first-order valence-electron chi connectivity index (χ1n) is 8.97. The highest BCUT2D eigenvalue weighted by Crippen LogP contribution is 2.10. The molecule has 1 fully saturated rings. The molecule has 0 saturated carbocycles. The van der Waals surface area contributed by atoms with Gasteiger partial charge in [0.15, 0.2) is 5.96 Å². The van der Waals surface area contributed by atoms with Crippen LogP contribution >= 0.6 is 0 Å². The number of hydrogen-bond acceptors (Lipinski definition) is 3. The molecule has 1 aliphatic rings. The molecule has 0 bridgehead atoms. The Morgan fingerprint density at radius 1 is 1.35 bits per heavy atom. The number of likely N-dealkylation sites (tertiary alicyclic amines) is 1. The molecule has 134 valence electrons. The summed E-state index contributed by atoms with van der Waals surface area (Å²) in [5, 5.41) is 6.68. The predicted octanol–water partition coefficient (Wildman–Crippen LogP) is 1.62. The molecule has 0 aliphatic carbocycles. The zero-order valence-electron chi connectivity index (χ0n) is 15.2. The van der Waals surface area contributed by atoms with Crippen molar-refractivity contribution in [3.05, 3.63) is 0 Å². The Kier molecular flexibility index (Phi) is 9.67. The van der Waals surface area contributed by atoms with Crippen LogP contribution in [-0.2, 0) is 9.53 Å². The third-order valence-electron chi connectivity index (χ3n) is 3.87. The number of carbonyl (C=O) groups excluding carboxylic acids is 1. The molecule has 1 aliphatic heterocycles. The van der Waals surface area contributed by atoms with Crippen molar-refractivity contribution in [2.75, 3.05) is 39.4 Å². The second-order valence-electron chi connectivity index (χ2n) is 6.38. The summed E-state index contributed by atoms with van der Waals surface area (Å²) >= 11 is 0. The van der Waals surface area contributed by atoms with Gasteiger partial charge < -0.3 is 20.3 Å². The minimum absolute atomic E-state index is 0.231. The van der Waals surface area contributed by atoms with Crippen LogP contribution in [0.5, 0.6) is 0 Å². The number of aliphatic imine (C=N–C) groups is 1. The molecule has 0 aromatic carbocycles. The maximum Gasteiger partial charge on any atom is 0.222 e. The maximum absolute atomic E-state index is 11.7. The molecule has 0 radical (unpaired) electrons. The van der Waals surface area contributed by atoms with E-state index < -0.39 is 0 Å². The summed E-state index contributed by atoms with van der Waals surface area (Å²) in [6, 6.07) is 0.283. The molecule has 2 N–H and O–H groups in total. The Labute approximate surface area is 141 Å². The molecule has 6 nitrogen and oxygen atoms in total. The minimum Gasteiger partial charge on any atom is -0.380 e. The number of ether oxygens (including phenoxy) is 1. The van der Waals surface area contributed by atoms with E-state index in [-0.39, 0.29) is 11.9 Å². The van der Waals surface area contributed by atoms with Gasteiger partial charge in [-0.1, -0.05) is 20.8 Å². The van der Waals surface area contributed by atoms with Gasteiger partial charge >= 0.3 is 0 Å². The molecular weight excluding hydrogens is 292 g/mol. The minimum atomic E-state index is 0.231. The van der Waals surface area contributed by atoms with Gasteiger partial charge in [0.2, 0.25) is 5.91 Å². The Bertz CT molecular complexity index is 372. The molecule has 6 heteroatoms. The first-order valence-corrected chi connectivity index (χ1v) is 8.97. The molecule has 1 rings (SSSR count). The van der Waals surface area contributed by atoms with Crippen LogP contribution in [0, 0.1) is 5.92 Å². The van der Waals surface area contributed by atoms with Gasteiger partial charge in [-0.15, -0.1) is 0 Å². The highest BCUT2D eigenvalue weighted by Gasteiger charge is 2.25. The van der Waals surface area contributed by atoms with E-state index in [4.69, 9.17) is 4.74 Å². The summed E-state index contributed by atoms with van der Waals surface area (Å²) in [5.74, 6) is 1.72. The maximum atomic E-state index is 11.7. The van der Waals surface area contributed by atoms with Gasteiger partial charge in [0.05, 0.1) is 13.2 Å². The predicted molar refractivity (Wildman–Crippen MR) is 94.7 cm³/mol. The number of nitrogens with one attached hydrogen (secondary N) is 2. The average Bonchev–Trinajstić information content (AvgIpc) is 2.98. The number of carbonyl (C=O) groups is 1. The Morgan fingerprint density at radius 3 is 2.78 bits per heavy atom.